The minimum atomic E-state index is 0.575. The molecule has 2 rings (SSSR count). The van der Waals surface area contributed by atoms with Crippen molar-refractivity contribution in [1.29, 1.82) is 0 Å². The van der Waals surface area contributed by atoms with E-state index in [4.69, 9.17) is 0 Å². The second-order valence-corrected chi connectivity index (χ2v) is 4.55. The Labute approximate surface area is 98.6 Å². The quantitative estimate of drug-likeness (QED) is 0.758. The molecule has 1 aromatic rings. The lowest BCUT2D eigenvalue weighted by Crippen LogP contribution is -2.19. The van der Waals surface area contributed by atoms with E-state index >= 15 is 0 Å². The largest absolute Gasteiger partial charge is 0.319 e. The minimum absolute atomic E-state index is 0.575. The molecule has 1 atom stereocenters. The summed E-state index contributed by atoms with van der Waals surface area (Å²) in [7, 11) is 2.04. The van der Waals surface area contributed by atoms with Crippen molar-refractivity contribution < 1.29 is 0 Å². The number of allylic oxidation sites excluding steroid dienone is 1. The molecule has 1 N–H and O–H groups in total. The van der Waals surface area contributed by atoms with E-state index in [-0.39, 0.29) is 0 Å². The van der Waals surface area contributed by atoms with Crippen LogP contribution in [0.5, 0.6) is 0 Å². The summed E-state index contributed by atoms with van der Waals surface area (Å²) < 4.78 is 0. The van der Waals surface area contributed by atoms with Gasteiger partial charge in [-0.15, -0.1) is 0 Å². The number of nitrogens with one attached hydrogen (secondary N) is 1. The predicted octanol–water partition coefficient (Wildman–Crippen LogP) is 3.49. The van der Waals surface area contributed by atoms with Crippen LogP contribution in [0.2, 0.25) is 0 Å². The molecule has 0 saturated heterocycles. The van der Waals surface area contributed by atoms with E-state index in [2.05, 4.69) is 41.7 Å². The van der Waals surface area contributed by atoms with Crippen molar-refractivity contribution in [2.24, 2.45) is 0 Å². The van der Waals surface area contributed by atoms with Gasteiger partial charge in [0.05, 0.1) is 0 Å². The van der Waals surface area contributed by atoms with Crippen molar-refractivity contribution in [2.75, 3.05) is 13.6 Å². The van der Waals surface area contributed by atoms with Gasteiger partial charge in [0.2, 0.25) is 0 Å². The van der Waals surface area contributed by atoms with Crippen molar-refractivity contribution in [3.63, 3.8) is 0 Å². The first-order valence-electron chi connectivity index (χ1n) is 6.30. The van der Waals surface area contributed by atoms with Crippen molar-refractivity contribution in [3.8, 4) is 0 Å². The third kappa shape index (κ3) is 2.73. The zero-order valence-electron chi connectivity index (χ0n) is 10.1. The Kier molecular flexibility index (Phi) is 4.17. The Balaban J connectivity index is 2.19. The van der Waals surface area contributed by atoms with Crippen LogP contribution in [0.3, 0.4) is 0 Å². The fourth-order valence-electron chi connectivity index (χ4n) is 2.53. The monoisotopic (exact) mass is 215 g/mol. The minimum Gasteiger partial charge on any atom is -0.319 e. The molecule has 1 aliphatic rings. The Morgan fingerprint density at radius 1 is 1.19 bits per heavy atom. The van der Waals surface area contributed by atoms with Crippen LogP contribution in [0, 0.1) is 0 Å². The van der Waals surface area contributed by atoms with Crippen LogP contribution in [0.25, 0.3) is 0 Å². The van der Waals surface area contributed by atoms with Gasteiger partial charge in [0.1, 0.15) is 0 Å². The van der Waals surface area contributed by atoms with Crippen LogP contribution in [0.1, 0.15) is 37.2 Å². The molecule has 0 spiro atoms. The topological polar surface area (TPSA) is 12.0 Å². The number of hydrogen-bond acceptors (Lipinski definition) is 1. The first-order valence-corrected chi connectivity index (χ1v) is 6.30. The highest BCUT2D eigenvalue weighted by molar-refractivity contribution is 5.30. The molecular formula is C15H21N. The zero-order chi connectivity index (χ0) is 11.2. The summed E-state index contributed by atoms with van der Waals surface area (Å²) >= 11 is 0. The molecule has 1 unspecified atom stereocenters. The first kappa shape index (κ1) is 11.4. The molecule has 0 fully saturated rings. The summed E-state index contributed by atoms with van der Waals surface area (Å²) in [5.74, 6) is 0.575. The maximum Gasteiger partial charge on any atom is 0.0173 e. The molecule has 1 nitrogen and oxygen atoms in total. The van der Waals surface area contributed by atoms with Crippen LogP contribution in [0.4, 0.5) is 0 Å². The van der Waals surface area contributed by atoms with Gasteiger partial charge in [0.25, 0.3) is 0 Å². The van der Waals surface area contributed by atoms with Crippen molar-refractivity contribution in [1.82, 2.24) is 5.32 Å². The second-order valence-electron chi connectivity index (χ2n) is 4.55. The van der Waals surface area contributed by atoms with E-state index < -0.39 is 0 Å². The average Bonchev–Trinajstić information content (AvgIpc) is 2.38. The van der Waals surface area contributed by atoms with E-state index in [9.17, 15) is 0 Å². The Morgan fingerprint density at radius 3 is 2.62 bits per heavy atom. The van der Waals surface area contributed by atoms with E-state index in [1.807, 2.05) is 7.05 Å². The lowest BCUT2D eigenvalue weighted by molar-refractivity contribution is 0.613. The first-order chi connectivity index (χ1) is 7.92. The molecular weight excluding hydrogens is 194 g/mol. The Hall–Kier alpha value is -1.08. The van der Waals surface area contributed by atoms with Crippen LogP contribution in [-0.4, -0.2) is 13.6 Å². The number of hydrogen-bond donors (Lipinski definition) is 1. The van der Waals surface area contributed by atoms with Crippen LogP contribution < -0.4 is 5.32 Å². The molecule has 1 aromatic carbocycles. The van der Waals surface area contributed by atoms with Crippen molar-refractivity contribution in [2.45, 2.75) is 31.6 Å². The van der Waals surface area contributed by atoms with Gasteiger partial charge >= 0.3 is 0 Å². The summed E-state index contributed by atoms with van der Waals surface area (Å²) in [6.45, 7) is 1.05. The molecule has 0 heterocycles. The van der Waals surface area contributed by atoms with E-state index in [1.165, 1.54) is 31.2 Å². The fraction of sp³-hybridized carbons (Fsp3) is 0.467. The van der Waals surface area contributed by atoms with Gasteiger partial charge in [-0.05, 0) is 38.3 Å². The number of benzene rings is 1. The van der Waals surface area contributed by atoms with Crippen LogP contribution in [-0.2, 0) is 0 Å². The molecule has 86 valence electrons. The third-order valence-corrected chi connectivity index (χ3v) is 3.38. The Morgan fingerprint density at radius 2 is 2.00 bits per heavy atom. The summed E-state index contributed by atoms with van der Waals surface area (Å²) in [4.78, 5) is 0. The summed E-state index contributed by atoms with van der Waals surface area (Å²) in [5.41, 5.74) is 3.08. The molecule has 0 radical (unpaired) electrons. The van der Waals surface area contributed by atoms with Crippen molar-refractivity contribution >= 4 is 0 Å². The van der Waals surface area contributed by atoms with E-state index in [0.29, 0.717) is 5.92 Å². The summed E-state index contributed by atoms with van der Waals surface area (Å²) in [6.07, 6.45) is 7.73. The number of likely N-dealkylation sites (N-methyl/N-ethyl adjacent to an activating group) is 1. The van der Waals surface area contributed by atoms with Gasteiger partial charge in [0, 0.05) is 12.5 Å². The van der Waals surface area contributed by atoms with Crippen LogP contribution in [0.15, 0.2) is 42.0 Å². The van der Waals surface area contributed by atoms with Gasteiger partial charge < -0.3 is 5.32 Å². The van der Waals surface area contributed by atoms with Gasteiger partial charge in [-0.3, -0.25) is 0 Å². The SMILES string of the molecule is CNCC(C1=CCCCC1)c1ccccc1. The van der Waals surface area contributed by atoms with Crippen molar-refractivity contribution in [3.05, 3.63) is 47.5 Å². The molecule has 1 aliphatic carbocycles. The van der Waals surface area contributed by atoms with Crippen LogP contribution >= 0.6 is 0 Å². The molecule has 0 aliphatic heterocycles. The number of rotatable bonds is 4. The third-order valence-electron chi connectivity index (χ3n) is 3.38. The highest BCUT2D eigenvalue weighted by Crippen LogP contribution is 2.31. The smallest absolute Gasteiger partial charge is 0.0173 e. The van der Waals surface area contributed by atoms with E-state index in [1.54, 1.807) is 5.57 Å². The Bertz CT molecular complexity index is 340. The molecule has 0 bridgehead atoms. The molecule has 0 amide bonds. The van der Waals surface area contributed by atoms with Gasteiger partial charge in [0.15, 0.2) is 0 Å². The second kappa shape index (κ2) is 5.86. The average molecular weight is 215 g/mol. The maximum atomic E-state index is 3.32. The molecule has 16 heavy (non-hydrogen) atoms. The highest BCUT2D eigenvalue weighted by Gasteiger charge is 2.16. The van der Waals surface area contributed by atoms with E-state index in [0.717, 1.165) is 6.54 Å². The lowest BCUT2D eigenvalue weighted by atomic mass is 9.84. The lowest BCUT2D eigenvalue weighted by Gasteiger charge is -2.23. The maximum absolute atomic E-state index is 3.32. The summed E-state index contributed by atoms with van der Waals surface area (Å²) in [5, 5.41) is 3.32. The molecule has 0 saturated carbocycles. The predicted molar refractivity (Wildman–Crippen MR) is 69.7 cm³/mol. The van der Waals surface area contributed by atoms with Gasteiger partial charge in [-0.1, -0.05) is 42.0 Å². The normalized spacial score (nSPS) is 17.9. The standard InChI is InChI=1S/C15H21N/c1-16-12-15(13-8-4-2-5-9-13)14-10-6-3-7-11-14/h2,4-5,8-10,15-16H,3,6-7,11-12H2,1H3. The fourth-order valence-corrected chi connectivity index (χ4v) is 2.53. The van der Waals surface area contributed by atoms with Gasteiger partial charge in [-0.25, -0.2) is 0 Å². The molecule has 0 aromatic heterocycles. The van der Waals surface area contributed by atoms with Gasteiger partial charge in [-0.2, -0.15) is 0 Å². The zero-order valence-corrected chi connectivity index (χ0v) is 10.1. The molecule has 1 heteroatoms. The highest BCUT2D eigenvalue weighted by atomic mass is 14.8. The summed E-state index contributed by atoms with van der Waals surface area (Å²) in [6, 6.07) is 10.9.